The van der Waals surface area contributed by atoms with Crippen molar-refractivity contribution in [1.82, 2.24) is 9.88 Å². The number of nitrogens with zero attached hydrogens (tertiary/aromatic N) is 2. The average molecular weight is 330 g/mol. The molecule has 5 heteroatoms. The molecule has 0 aromatic carbocycles. The maximum Gasteiger partial charge on any atom is 0.307 e. The third-order valence-corrected chi connectivity index (χ3v) is 5.56. The molecule has 0 aliphatic carbocycles. The van der Waals surface area contributed by atoms with Gasteiger partial charge in [0.2, 0.25) is 0 Å². The molecule has 23 heavy (non-hydrogen) atoms. The number of pyridine rings is 1. The number of thiophene rings is 1. The minimum absolute atomic E-state index is 0.214. The first-order chi connectivity index (χ1) is 11.1. The van der Waals surface area contributed by atoms with Crippen LogP contribution in [0.5, 0.6) is 0 Å². The molecule has 4 nitrogen and oxygen atoms in total. The molecule has 0 bridgehead atoms. The second kappa shape index (κ2) is 7.23. The van der Waals surface area contributed by atoms with Crippen LogP contribution in [-0.2, 0) is 11.2 Å². The van der Waals surface area contributed by atoms with Gasteiger partial charge in [-0.25, -0.2) is 0 Å². The Morgan fingerprint density at radius 3 is 2.96 bits per heavy atom. The van der Waals surface area contributed by atoms with Crippen molar-refractivity contribution in [2.75, 3.05) is 13.1 Å². The van der Waals surface area contributed by atoms with Gasteiger partial charge in [0.05, 0.1) is 5.92 Å². The molecule has 2 atom stereocenters. The summed E-state index contributed by atoms with van der Waals surface area (Å²) < 4.78 is 0. The van der Waals surface area contributed by atoms with Crippen LogP contribution in [-0.4, -0.2) is 34.0 Å². The van der Waals surface area contributed by atoms with Crippen molar-refractivity contribution in [2.45, 2.75) is 32.2 Å². The predicted molar refractivity (Wildman–Crippen MR) is 91.7 cm³/mol. The van der Waals surface area contributed by atoms with Crippen LogP contribution < -0.4 is 0 Å². The number of hydrogen-bond acceptors (Lipinski definition) is 4. The molecule has 1 fully saturated rings. The first-order valence-corrected chi connectivity index (χ1v) is 8.88. The molecule has 1 N–H and O–H groups in total. The lowest BCUT2D eigenvalue weighted by molar-refractivity contribution is -0.144. The number of rotatable bonds is 5. The van der Waals surface area contributed by atoms with Crippen LogP contribution in [0.25, 0.3) is 0 Å². The van der Waals surface area contributed by atoms with E-state index < -0.39 is 5.97 Å². The minimum atomic E-state index is -0.673. The molecule has 122 valence electrons. The Bertz CT molecular complexity index is 656. The Hall–Kier alpha value is -1.72. The number of carboxylic acid groups (broad SMARTS) is 1. The Labute approximate surface area is 140 Å². The van der Waals surface area contributed by atoms with Gasteiger partial charge in [-0.2, -0.15) is 0 Å². The van der Waals surface area contributed by atoms with Crippen molar-refractivity contribution in [1.29, 1.82) is 0 Å². The van der Waals surface area contributed by atoms with Crippen molar-refractivity contribution >= 4 is 17.3 Å². The highest BCUT2D eigenvalue weighted by atomic mass is 32.1. The third kappa shape index (κ3) is 3.98. The van der Waals surface area contributed by atoms with Crippen molar-refractivity contribution in [3.8, 4) is 0 Å². The third-order valence-electron chi connectivity index (χ3n) is 4.46. The number of hydrogen-bond donors (Lipinski definition) is 1. The van der Waals surface area contributed by atoms with Crippen LogP contribution in [0.15, 0.2) is 36.5 Å². The SMILES string of the molecule is Cc1ccc(C(Cc2ccccn2)N2CCCC(C(=O)O)C2)s1. The van der Waals surface area contributed by atoms with Crippen LogP contribution in [0.3, 0.4) is 0 Å². The van der Waals surface area contributed by atoms with Gasteiger partial charge in [0, 0.05) is 40.7 Å². The highest BCUT2D eigenvalue weighted by Gasteiger charge is 2.31. The number of carboxylic acids is 1. The maximum atomic E-state index is 11.4. The fourth-order valence-corrected chi connectivity index (χ4v) is 4.26. The number of aliphatic carboxylic acids is 1. The van der Waals surface area contributed by atoms with E-state index in [-0.39, 0.29) is 12.0 Å². The minimum Gasteiger partial charge on any atom is -0.481 e. The molecular formula is C18H22N2O2S. The summed E-state index contributed by atoms with van der Waals surface area (Å²) in [6.45, 7) is 3.70. The summed E-state index contributed by atoms with van der Waals surface area (Å²) in [5, 5.41) is 9.37. The number of carbonyl (C=O) groups is 1. The van der Waals surface area contributed by atoms with E-state index in [2.05, 4.69) is 28.9 Å². The molecule has 0 amide bonds. The molecule has 0 saturated carbocycles. The Morgan fingerprint density at radius 1 is 1.43 bits per heavy atom. The highest BCUT2D eigenvalue weighted by Crippen LogP contribution is 2.33. The lowest BCUT2D eigenvalue weighted by Crippen LogP contribution is -2.41. The van der Waals surface area contributed by atoms with Crippen molar-refractivity contribution in [3.05, 3.63) is 52.0 Å². The topological polar surface area (TPSA) is 53.4 Å². The van der Waals surface area contributed by atoms with E-state index in [1.807, 2.05) is 24.4 Å². The fraction of sp³-hybridized carbons (Fsp3) is 0.444. The Morgan fingerprint density at radius 2 is 2.30 bits per heavy atom. The van der Waals surface area contributed by atoms with Gasteiger partial charge in [0.1, 0.15) is 0 Å². The van der Waals surface area contributed by atoms with Crippen molar-refractivity contribution < 1.29 is 9.90 Å². The van der Waals surface area contributed by atoms with E-state index in [4.69, 9.17) is 0 Å². The summed E-state index contributed by atoms with van der Waals surface area (Å²) in [4.78, 5) is 20.8. The van der Waals surface area contributed by atoms with Gasteiger partial charge >= 0.3 is 5.97 Å². The molecule has 3 heterocycles. The standard InChI is InChI=1S/C18H22N2O2S/c1-13-7-8-17(23-13)16(11-15-6-2-3-9-19-15)20-10-4-5-14(12-20)18(21)22/h2-3,6-9,14,16H,4-5,10-12H2,1H3,(H,21,22). The summed E-state index contributed by atoms with van der Waals surface area (Å²) >= 11 is 1.80. The summed E-state index contributed by atoms with van der Waals surface area (Å²) in [6, 6.07) is 10.5. The molecule has 2 aromatic rings. The van der Waals surface area contributed by atoms with Crippen LogP contribution >= 0.6 is 11.3 Å². The van der Waals surface area contributed by atoms with Gasteiger partial charge in [0.25, 0.3) is 0 Å². The van der Waals surface area contributed by atoms with Gasteiger partial charge < -0.3 is 5.11 Å². The van der Waals surface area contributed by atoms with Gasteiger partial charge in [-0.15, -0.1) is 11.3 Å². The molecule has 1 aliphatic heterocycles. The lowest BCUT2D eigenvalue weighted by Gasteiger charge is -2.36. The quantitative estimate of drug-likeness (QED) is 0.911. The Balaban J connectivity index is 1.84. The molecule has 1 aliphatic rings. The number of likely N-dealkylation sites (tertiary alicyclic amines) is 1. The second-order valence-corrected chi connectivity index (χ2v) is 7.48. The monoisotopic (exact) mass is 330 g/mol. The van der Waals surface area contributed by atoms with Crippen LogP contribution in [0, 0.1) is 12.8 Å². The van der Waals surface area contributed by atoms with E-state index in [9.17, 15) is 9.90 Å². The van der Waals surface area contributed by atoms with E-state index in [0.29, 0.717) is 6.54 Å². The van der Waals surface area contributed by atoms with Crippen LogP contribution in [0.2, 0.25) is 0 Å². The predicted octanol–water partition coefficient (Wildman–Crippen LogP) is 3.53. The molecular weight excluding hydrogens is 308 g/mol. The van der Waals surface area contributed by atoms with E-state index in [1.165, 1.54) is 9.75 Å². The molecule has 0 radical (unpaired) electrons. The zero-order chi connectivity index (χ0) is 16.2. The molecule has 2 aromatic heterocycles. The van der Waals surface area contributed by atoms with E-state index >= 15 is 0 Å². The Kier molecular flexibility index (Phi) is 5.08. The number of aromatic nitrogens is 1. The molecule has 1 saturated heterocycles. The first-order valence-electron chi connectivity index (χ1n) is 8.06. The smallest absolute Gasteiger partial charge is 0.307 e. The molecule has 0 spiro atoms. The maximum absolute atomic E-state index is 11.4. The van der Waals surface area contributed by atoms with Gasteiger partial charge in [-0.05, 0) is 50.6 Å². The molecule has 3 rings (SSSR count). The van der Waals surface area contributed by atoms with Gasteiger partial charge in [-0.3, -0.25) is 14.7 Å². The van der Waals surface area contributed by atoms with E-state index in [1.54, 1.807) is 11.3 Å². The van der Waals surface area contributed by atoms with Crippen molar-refractivity contribution in [3.63, 3.8) is 0 Å². The van der Waals surface area contributed by atoms with Crippen molar-refractivity contribution in [2.24, 2.45) is 5.92 Å². The number of aryl methyl sites for hydroxylation is 1. The second-order valence-electron chi connectivity index (χ2n) is 6.16. The fourth-order valence-electron chi connectivity index (χ4n) is 3.25. The van der Waals surface area contributed by atoms with Gasteiger partial charge in [-0.1, -0.05) is 6.07 Å². The zero-order valence-corrected chi connectivity index (χ0v) is 14.1. The van der Waals surface area contributed by atoms with Gasteiger partial charge in [0.15, 0.2) is 0 Å². The highest BCUT2D eigenvalue weighted by molar-refractivity contribution is 7.12. The van der Waals surface area contributed by atoms with Crippen LogP contribution in [0.4, 0.5) is 0 Å². The summed E-state index contributed by atoms with van der Waals surface area (Å²) in [7, 11) is 0. The number of piperidine rings is 1. The summed E-state index contributed by atoms with van der Waals surface area (Å²) in [6.07, 6.45) is 4.38. The first kappa shape index (κ1) is 16.1. The normalized spacial score (nSPS) is 20.3. The van der Waals surface area contributed by atoms with Crippen LogP contribution in [0.1, 0.15) is 34.3 Å². The lowest BCUT2D eigenvalue weighted by atomic mass is 9.95. The van der Waals surface area contributed by atoms with E-state index in [0.717, 1.165) is 31.5 Å². The zero-order valence-electron chi connectivity index (χ0n) is 13.3. The molecule has 2 unspecified atom stereocenters. The largest absolute Gasteiger partial charge is 0.481 e. The summed E-state index contributed by atoms with van der Waals surface area (Å²) in [5.41, 5.74) is 1.06. The average Bonchev–Trinajstić information content (AvgIpc) is 3.00. The summed E-state index contributed by atoms with van der Waals surface area (Å²) in [5.74, 6) is -0.926.